The summed E-state index contributed by atoms with van der Waals surface area (Å²) in [6.45, 7) is 4.79. The van der Waals surface area contributed by atoms with Gasteiger partial charge in [-0.3, -0.25) is 14.5 Å². The number of rotatable bonds is 4. The van der Waals surface area contributed by atoms with E-state index in [1.807, 2.05) is 47.0 Å². The first-order valence-corrected chi connectivity index (χ1v) is 11.8. The fourth-order valence-corrected chi connectivity index (χ4v) is 5.77. The lowest BCUT2D eigenvalue weighted by molar-refractivity contribution is -0.139. The molecular formula is C22H31N3O2S. The van der Waals surface area contributed by atoms with Crippen LogP contribution in [0.2, 0.25) is 0 Å². The molecule has 0 N–H and O–H groups in total. The first-order valence-electron chi connectivity index (χ1n) is 10.7. The molecule has 5 nitrogen and oxygen atoms in total. The Labute approximate surface area is 172 Å². The number of hydrogen-bond acceptors (Lipinski definition) is 4. The van der Waals surface area contributed by atoms with Gasteiger partial charge in [-0.15, -0.1) is 0 Å². The highest BCUT2D eigenvalue weighted by atomic mass is 32.2. The van der Waals surface area contributed by atoms with Crippen molar-refractivity contribution in [3.05, 3.63) is 35.9 Å². The summed E-state index contributed by atoms with van der Waals surface area (Å²) in [7, 11) is 0. The van der Waals surface area contributed by atoms with Crippen LogP contribution in [0, 0.1) is 5.92 Å². The van der Waals surface area contributed by atoms with Crippen molar-refractivity contribution >= 4 is 23.6 Å². The van der Waals surface area contributed by atoms with Crippen LogP contribution in [0.15, 0.2) is 30.3 Å². The van der Waals surface area contributed by atoms with Gasteiger partial charge in [-0.2, -0.15) is 11.8 Å². The first-order chi connectivity index (χ1) is 13.7. The predicted molar refractivity (Wildman–Crippen MR) is 114 cm³/mol. The van der Waals surface area contributed by atoms with Gasteiger partial charge in [0, 0.05) is 56.3 Å². The van der Waals surface area contributed by atoms with E-state index in [-0.39, 0.29) is 11.9 Å². The molecule has 3 fully saturated rings. The molecule has 1 aromatic carbocycles. The highest BCUT2D eigenvalue weighted by Gasteiger charge is 2.39. The fourth-order valence-electron chi connectivity index (χ4n) is 4.87. The average Bonchev–Trinajstić information content (AvgIpc) is 3.29. The van der Waals surface area contributed by atoms with Crippen LogP contribution in [0.1, 0.15) is 36.0 Å². The number of thioether (sulfide) groups is 1. The van der Waals surface area contributed by atoms with Crippen LogP contribution < -0.4 is 0 Å². The molecule has 3 aliphatic rings. The Balaban J connectivity index is 1.42. The van der Waals surface area contributed by atoms with Crippen molar-refractivity contribution in [3.8, 4) is 0 Å². The summed E-state index contributed by atoms with van der Waals surface area (Å²) in [5, 5.41) is 0. The molecule has 2 heterocycles. The topological polar surface area (TPSA) is 43.9 Å². The Morgan fingerprint density at radius 1 is 0.857 bits per heavy atom. The summed E-state index contributed by atoms with van der Waals surface area (Å²) in [4.78, 5) is 32.6. The second kappa shape index (κ2) is 9.31. The molecule has 2 saturated heterocycles. The zero-order chi connectivity index (χ0) is 19.3. The minimum atomic E-state index is 0.0135. The smallest absolute Gasteiger partial charge is 0.253 e. The van der Waals surface area contributed by atoms with E-state index in [2.05, 4.69) is 9.80 Å². The van der Waals surface area contributed by atoms with Crippen LogP contribution >= 0.6 is 11.8 Å². The Kier molecular flexibility index (Phi) is 6.58. The molecule has 4 rings (SSSR count). The van der Waals surface area contributed by atoms with E-state index in [9.17, 15) is 9.59 Å². The molecule has 0 aromatic heterocycles. The monoisotopic (exact) mass is 401 g/mol. The Bertz CT molecular complexity index is 664. The van der Waals surface area contributed by atoms with Crippen LogP contribution in [-0.4, -0.2) is 83.3 Å². The van der Waals surface area contributed by atoms with E-state index in [0.717, 1.165) is 43.2 Å². The van der Waals surface area contributed by atoms with Gasteiger partial charge in [0.05, 0.1) is 6.04 Å². The summed E-state index contributed by atoms with van der Waals surface area (Å²) < 4.78 is 0. The summed E-state index contributed by atoms with van der Waals surface area (Å²) in [5.74, 6) is 3.05. The standard InChI is InChI=1S/C22H31N3O2S/c26-21(19-8-2-1-3-9-19)24-12-10-23(11-13-24)20(18-6-4-5-7-18)22(27)25-14-16-28-17-15-25/h1-3,8-9,18,20H,4-7,10-17H2. The van der Waals surface area contributed by atoms with Crippen LogP contribution in [0.5, 0.6) is 0 Å². The molecule has 28 heavy (non-hydrogen) atoms. The summed E-state index contributed by atoms with van der Waals surface area (Å²) in [5.41, 5.74) is 0.755. The quantitative estimate of drug-likeness (QED) is 0.778. The molecule has 6 heteroatoms. The minimum Gasteiger partial charge on any atom is -0.340 e. The number of piperazine rings is 1. The molecule has 1 aliphatic carbocycles. The zero-order valence-corrected chi connectivity index (χ0v) is 17.4. The largest absolute Gasteiger partial charge is 0.340 e. The van der Waals surface area contributed by atoms with Crippen LogP contribution in [-0.2, 0) is 4.79 Å². The third kappa shape index (κ3) is 4.38. The minimum absolute atomic E-state index is 0.0135. The van der Waals surface area contributed by atoms with E-state index in [0.29, 0.717) is 24.9 Å². The normalized spacial score (nSPS) is 23.0. The van der Waals surface area contributed by atoms with E-state index < -0.39 is 0 Å². The summed E-state index contributed by atoms with van der Waals surface area (Å²) in [6, 6.07) is 9.54. The molecule has 0 bridgehead atoms. The van der Waals surface area contributed by atoms with Crippen LogP contribution in [0.25, 0.3) is 0 Å². The van der Waals surface area contributed by atoms with Gasteiger partial charge in [-0.05, 0) is 30.9 Å². The molecule has 2 aliphatic heterocycles. The summed E-state index contributed by atoms with van der Waals surface area (Å²) >= 11 is 1.95. The molecule has 1 atom stereocenters. The van der Waals surface area contributed by atoms with Crippen molar-refractivity contribution < 1.29 is 9.59 Å². The molecule has 1 unspecified atom stereocenters. The molecular weight excluding hydrogens is 370 g/mol. The van der Waals surface area contributed by atoms with Gasteiger partial charge < -0.3 is 9.80 Å². The number of hydrogen-bond donors (Lipinski definition) is 0. The van der Waals surface area contributed by atoms with Crippen molar-refractivity contribution in [3.63, 3.8) is 0 Å². The number of benzene rings is 1. The maximum Gasteiger partial charge on any atom is 0.253 e. The third-order valence-corrected chi connectivity index (χ3v) is 7.38. The SMILES string of the molecule is O=C(c1ccccc1)N1CCN(C(C(=O)N2CCSCC2)C2CCCC2)CC1. The van der Waals surface area contributed by atoms with Crippen molar-refractivity contribution in [2.24, 2.45) is 5.92 Å². The van der Waals surface area contributed by atoms with Crippen molar-refractivity contribution in [2.45, 2.75) is 31.7 Å². The maximum absolute atomic E-state index is 13.4. The van der Waals surface area contributed by atoms with E-state index in [1.165, 1.54) is 25.7 Å². The molecule has 1 saturated carbocycles. The number of nitrogens with zero attached hydrogens (tertiary/aromatic N) is 3. The van der Waals surface area contributed by atoms with Gasteiger partial charge in [-0.25, -0.2) is 0 Å². The Morgan fingerprint density at radius 3 is 2.14 bits per heavy atom. The molecule has 2 amide bonds. The number of carbonyl (C=O) groups is 2. The van der Waals surface area contributed by atoms with Gasteiger partial charge in [-0.1, -0.05) is 31.0 Å². The number of amides is 2. The van der Waals surface area contributed by atoms with Gasteiger partial charge in [0.25, 0.3) is 5.91 Å². The fraction of sp³-hybridized carbons (Fsp3) is 0.636. The molecule has 1 aromatic rings. The van der Waals surface area contributed by atoms with Gasteiger partial charge in [0.1, 0.15) is 0 Å². The Hall–Kier alpha value is -1.53. The zero-order valence-electron chi connectivity index (χ0n) is 16.6. The van der Waals surface area contributed by atoms with Crippen molar-refractivity contribution in [1.82, 2.24) is 14.7 Å². The first kappa shape index (κ1) is 19.8. The summed E-state index contributed by atoms with van der Waals surface area (Å²) in [6.07, 6.45) is 4.83. The predicted octanol–water partition coefficient (Wildman–Crippen LogP) is 2.58. The van der Waals surface area contributed by atoms with Crippen molar-refractivity contribution in [2.75, 3.05) is 50.8 Å². The Morgan fingerprint density at radius 2 is 1.50 bits per heavy atom. The third-order valence-electron chi connectivity index (χ3n) is 6.44. The molecule has 152 valence electrons. The second-order valence-electron chi connectivity index (χ2n) is 8.12. The second-order valence-corrected chi connectivity index (χ2v) is 9.35. The highest BCUT2D eigenvalue weighted by Crippen LogP contribution is 2.32. The lowest BCUT2D eigenvalue weighted by Gasteiger charge is -2.43. The van der Waals surface area contributed by atoms with Gasteiger partial charge in [0.15, 0.2) is 0 Å². The maximum atomic E-state index is 13.4. The van der Waals surface area contributed by atoms with Crippen molar-refractivity contribution in [1.29, 1.82) is 0 Å². The van der Waals surface area contributed by atoms with E-state index >= 15 is 0 Å². The van der Waals surface area contributed by atoms with Gasteiger partial charge in [0.2, 0.25) is 5.91 Å². The molecule has 0 spiro atoms. The molecule has 0 radical (unpaired) electrons. The highest BCUT2D eigenvalue weighted by molar-refractivity contribution is 7.99. The van der Waals surface area contributed by atoms with E-state index in [1.54, 1.807) is 0 Å². The van der Waals surface area contributed by atoms with Crippen LogP contribution in [0.3, 0.4) is 0 Å². The lowest BCUT2D eigenvalue weighted by atomic mass is 9.94. The van der Waals surface area contributed by atoms with Gasteiger partial charge >= 0.3 is 0 Å². The van der Waals surface area contributed by atoms with Crippen LogP contribution in [0.4, 0.5) is 0 Å². The average molecular weight is 402 g/mol. The van der Waals surface area contributed by atoms with E-state index in [4.69, 9.17) is 0 Å². The lowest BCUT2D eigenvalue weighted by Crippen LogP contribution is -2.59. The number of carbonyl (C=O) groups excluding carboxylic acids is 2.